The van der Waals surface area contributed by atoms with Gasteiger partial charge in [-0.25, -0.2) is 0 Å². The molecule has 2 aromatic carbocycles. The van der Waals surface area contributed by atoms with E-state index in [1.54, 1.807) is 0 Å². The number of amides is 1. The maximum absolute atomic E-state index is 12.3. The maximum atomic E-state index is 12.3. The molecule has 1 heterocycles. The van der Waals surface area contributed by atoms with Crippen LogP contribution in [0.4, 0.5) is 5.69 Å². The summed E-state index contributed by atoms with van der Waals surface area (Å²) in [7, 11) is 0. The molecule has 106 valence electrons. The molecule has 0 bridgehead atoms. The zero-order chi connectivity index (χ0) is 15.0. The summed E-state index contributed by atoms with van der Waals surface area (Å²) in [6.07, 6.45) is -1.30. The molecule has 0 fully saturated rings. The van der Waals surface area contributed by atoms with Crippen LogP contribution < -0.4 is 0 Å². The Morgan fingerprint density at radius 3 is 2.52 bits per heavy atom. The molecule has 6 heteroatoms. The molecule has 1 aliphatic rings. The van der Waals surface area contributed by atoms with Gasteiger partial charge in [0.05, 0.1) is 16.1 Å². The topological polar surface area (TPSA) is 83.7 Å². The van der Waals surface area contributed by atoms with Gasteiger partial charge in [0.15, 0.2) is 6.23 Å². The zero-order valence-corrected chi connectivity index (χ0v) is 11.0. The zero-order valence-electron chi connectivity index (χ0n) is 11.0. The van der Waals surface area contributed by atoms with E-state index in [2.05, 4.69) is 0 Å². The first-order valence-corrected chi connectivity index (χ1v) is 6.40. The third kappa shape index (κ3) is 2.15. The van der Waals surface area contributed by atoms with Crippen LogP contribution in [0.1, 0.15) is 27.7 Å². The summed E-state index contributed by atoms with van der Waals surface area (Å²) in [5.74, 6) is -0.398. The second kappa shape index (κ2) is 4.99. The van der Waals surface area contributed by atoms with Crippen LogP contribution in [0.3, 0.4) is 0 Å². The maximum Gasteiger partial charge on any atom is 0.277 e. The van der Waals surface area contributed by atoms with E-state index >= 15 is 0 Å². The van der Waals surface area contributed by atoms with E-state index in [9.17, 15) is 20.0 Å². The highest BCUT2D eigenvalue weighted by Crippen LogP contribution is 2.38. The molecule has 0 radical (unpaired) electrons. The predicted octanol–water partition coefficient (Wildman–Crippen LogP) is 2.24. The average molecular weight is 284 g/mol. The van der Waals surface area contributed by atoms with E-state index in [4.69, 9.17) is 0 Å². The van der Waals surface area contributed by atoms with Gasteiger partial charge >= 0.3 is 0 Å². The van der Waals surface area contributed by atoms with Gasteiger partial charge in [0.1, 0.15) is 0 Å². The van der Waals surface area contributed by atoms with Gasteiger partial charge in [-0.15, -0.1) is 0 Å². The SMILES string of the molecule is O=C1c2cccc([N+](=O)[O-])c2C(O)N1Cc1ccccc1. The van der Waals surface area contributed by atoms with Crippen molar-refractivity contribution in [2.75, 3.05) is 0 Å². The average Bonchev–Trinajstić information content (AvgIpc) is 2.73. The Labute approximate surface area is 120 Å². The molecule has 1 aliphatic heterocycles. The van der Waals surface area contributed by atoms with Crippen LogP contribution in [0.15, 0.2) is 48.5 Å². The van der Waals surface area contributed by atoms with E-state index in [0.29, 0.717) is 0 Å². The standard InChI is InChI=1S/C15H12N2O4/c18-14-11-7-4-8-12(17(20)21)13(11)15(19)16(14)9-10-5-2-1-3-6-10/h1-8,15,19H,9H2. The molecule has 0 saturated heterocycles. The summed E-state index contributed by atoms with van der Waals surface area (Å²) in [6.45, 7) is 0.201. The number of aliphatic hydroxyl groups is 1. The number of rotatable bonds is 3. The van der Waals surface area contributed by atoms with Crippen LogP contribution in [0, 0.1) is 10.1 Å². The molecule has 0 aliphatic carbocycles. The minimum Gasteiger partial charge on any atom is -0.369 e. The molecule has 0 saturated carbocycles. The largest absolute Gasteiger partial charge is 0.369 e. The summed E-state index contributed by atoms with van der Waals surface area (Å²) < 4.78 is 0. The van der Waals surface area contributed by atoms with E-state index in [1.807, 2.05) is 30.3 Å². The lowest BCUT2D eigenvalue weighted by Gasteiger charge is -2.20. The highest BCUT2D eigenvalue weighted by Gasteiger charge is 2.40. The Bertz CT molecular complexity index is 715. The van der Waals surface area contributed by atoms with Gasteiger partial charge in [0.2, 0.25) is 0 Å². The lowest BCUT2D eigenvalue weighted by atomic mass is 10.1. The fourth-order valence-electron chi connectivity index (χ4n) is 2.53. The Morgan fingerprint density at radius 2 is 1.86 bits per heavy atom. The first-order valence-electron chi connectivity index (χ1n) is 6.40. The molecule has 1 amide bonds. The molecule has 1 atom stereocenters. The second-order valence-electron chi connectivity index (χ2n) is 4.79. The van der Waals surface area contributed by atoms with Crippen LogP contribution in [-0.4, -0.2) is 20.8 Å². The summed E-state index contributed by atoms with van der Waals surface area (Å²) in [6, 6.07) is 13.4. The van der Waals surface area contributed by atoms with Crippen molar-refractivity contribution in [1.82, 2.24) is 4.90 Å². The lowest BCUT2D eigenvalue weighted by molar-refractivity contribution is -0.386. The smallest absolute Gasteiger partial charge is 0.277 e. The first kappa shape index (κ1) is 13.3. The highest BCUT2D eigenvalue weighted by molar-refractivity contribution is 6.00. The highest BCUT2D eigenvalue weighted by atomic mass is 16.6. The first-order chi connectivity index (χ1) is 10.1. The minimum absolute atomic E-state index is 0.0726. The van der Waals surface area contributed by atoms with E-state index in [0.717, 1.165) is 5.56 Å². The van der Waals surface area contributed by atoms with Crippen molar-refractivity contribution in [2.24, 2.45) is 0 Å². The van der Waals surface area contributed by atoms with Crippen molar-refractivity contribution < 1.29 is 14.8 Å². The monoisotopic (exact) mass is 284 g/mol. The number of nitro benzene ring substituents is 1. The Balaban J connectivity index is 1.99. The van der Waals surface area contributed by atoms with Crippen molar-refractivity contribution >= 4 is 11.6 Å². The van der Waals surface area contributed by atoms with Crippen molar-refractivity contribution in [3.63, 3.8) is 0 Å². The van der Waals surface area contributed by atoms with Crippen LogP contribution >= 0.6 is 0 Å². The second-order valence-corrected chi connectivity index (χ2v) is 4.79. The van der Waals surface area contributed by atoms with Crippen LogP contribution in [0.5, 0.6) is 0 Å². The summed E-state index contributed by atoms with van der Waals surface area (Å²) in [4.78, 5) is 24.0. The predicted molar refractivity (Wildman–Crippen MR) is 74.4 cm³/mol. The van der Waals surface area contributed by atoms with Gasteiger partial charge in [0.25, 0.3) is 11.6 Å². The van der Waals surface area contributed by atoms with Crippen molar-refractivity contribution in [1.29, 1.82) is 0 Å². The molecular weight excluding hydrogens is 272 g/mol. The molecule has 6 nitrogen and oxygen atoms in total. The number of nitro groups is 1. The van der Waals surface area contributed by atoms with Gasteiger partial charge in [-0.2, -0.15) is 0 Å². The quantitative estimate of drug-likeness (QED) is 0.692. The minimum atomic E-state index is -1.30. The van der Waals surface area contributed by atoms with E-state index < -0.39 is 17.1 Å². The van der Waals surface area contributed by atoms with E-state index in [1.165, 1.54) is 23.1 Å². The van der Waals surface area contributed by atoms with Gasteiger partial charge in [-0.3, -0.25) is 14.9 Å². The normalized spacial score (nSPS) is 16.9. The molecule has 1 N–H and O–H groups in total. The van der Waals surface area contributed by atoms with Gasteiger partial charge in [-0.1, -0.05) is 36.4 Å². The number of nitrogens with zero attached hydrogens (tertiary/aromatic N) is 2. The van der Waals surface area contributed by atoms with Crippen molar-refractivity contribution in [3.05, 3.63) is 75.3 Å². The molecule has 0 aromatic heterocycles. The number of carbonyl (C=O) groups excluding carboxylic acids is 1. The molecule has 0 spiro atoms. The Morgan fingerprint density at radius 1 is 1.14 bits per heavy atom. The summed E-state index contributed by atoms with van der Waals surface area (Å²) >= 11 is 0. The molecule has 21 heavy (non-hydrogen) atoms. The fraction of sp³-hybridized carbons (Fsp3) is 0.133. The Kier molecular flexibility index (Phi) is 3.15. The molecular formula is C15H12N2O4. The number of hydrogen-bond donors (Lipinski definition) is 1. The number of hydrogen-bond acceptors (Lipinski definition) is 4. The van der Waals surface area contributed by atoms with Crippen LogP contribution in [-0.2, 0) is 6.54 Å². The number of carbonyl (C=O) groups is 1. The third-order valence-electron chi connectivity index (χ3n) is 3.52. The fourth-order valence-corrected chi connectivity index (χ4v) is 2.53. The summed E-state index contributed by atoms with van der Waals surface area (Å²) in [5.41, 5.74) is 0.875. The molecule has 3 rings (SSSR count). The number of aliphatic hydroxyl groups excluding tert-OH is 1. The van der Waals surface area contributed by atoms with Gasteiger partial charge in [-0.05, 0) is 11.6 Å². The number of benzene rings is 2. The van der Waals surface area contributed by atoms with Crippen LogP contribution in [0.25, 0.3) is 0 Å². The van der Waals surface area contributed by atoms with Gasteiger partial charge < -0.3 is 10.0 Å². The van der Waals surface area contributed by atoms with E-state index in [-0.39, 0.29) is 23.4 Å². The Hall–Kier alpha value is -2.73. The van der Waals surface area contributed by atoms with Crippen molar-refractivity contribution in [3.8, 4) is 0 Å². The van der Waals surface area contributed by atoms with Crippen molar-refractivity contribution in [2.45, 2.75) is 12.8 Å². The molecule has 1 unspecified atom stereocenters. The molecule has 2 aromatic rings. The van der Waals surface area contributed by atoms with Gasteiger partial charge in [0, 0.05) is 12.6 Å². The number of fused-ring (bicyclic) bond motifs is 1. The third-order valence-corrected chi connectivity index (χ3v) is 3.52. The van der Waals surface area contributed by atoms with Crippen LogP contribution in [0.2, 0.25) is 0 Å². The summed E-state index contributed by atoms with van der Waals surface area (Å²) in [5, 5.41) is 21.3. The lowest BCUT2D eigenvalue weighted by Crippen LogP contribution is -2.27.